The maximum atomic E-state index is 13.4. The van der Waals surface area contributed by atoms with Crippen LogP contribution in [0.3, 0.4) is 0 Å². The Kier molecular flexibility index (Phi) is 12.0. The Labute approximate surface area is 264 Å². The van der Waals surface area contributed by atoms with Crippen LogP contribution in [0.25, 0.3) is 0 Å². The molecule has 0 bridgehead atoms. The molecule has 0 spiro atoms. The average Bonchev–Trinajstić information content (AvgIpc) is 3.05. The van der Waals surface area contributed by atoms with Gasteiger partial charge in [-0.3, -0.25) is 0 Å². The first kappa shape index (κ1) is 34.5. The zero-order valence-electron chi connectivity index (χ0n) is 25.8. The Balaban J connectivity index is 1.34. The fourth-order valence-electron chi connectivity index (χ4n) is 5.87. The number of carbonyl (C=O) groups is 1. The number of hydrogen-bond donors (Lipinski definition) is 0. The average molecular weight is 646 g/mol. The first-order valence-electron chi connectivity index (χ1n) is 15.4. The molecule has 0 saturated carbocycles. The lowest BCUT2D eigenvalue weighted by Crippen LogP contribution is -2.48. The molecule has 1 amide bonds. The van der Waals surface area contributed by atoms with E-state index in [1.807, 2.05) is 37.3 Å². The van der Waals surface area contributed by atoms with E-state index in [1.165, 1.54) is 22.5 Å². The van der Waals surface area contributed by atoms with E-state index in [0.29, 0.717) is 32.4 Å². The van der Waals surface area contributed by atoms with Crippen LogP contribution in [-0.4, -0.2) is 74.4 Å². The van der Waals surface area contributed by atoms with Crippen LogP contribution >= 0.6 is 0 Å². The third-order valence-electron chi connectivity index (χ3n) is 8.36. The van der Waals surface area contributed by atoms with Gasteiger partial charge in [-0.05, 0) is 61.9 Å². The second-order valence-electron chi connectivity index (χ2n) is 11.5. The van der Waals surface area contributed by atoms with Gasteiger partial charge in [-0.15, -0.1) is 0 Å². The van der Waals surface area contributed by atoms with Crippen molar-refractivity contribution in [1.29, 1.82) is 0 Å². The van der Waals surface area contributed by atoms with Crippen molar-refractivity contribution in [3.05, 3.63) is 102 Å². The molecule has 0 aromatic heterocycles. The normalized spacial score (nSPS) is 15.6. The number of amides is 1. The van der Waals surface area contributed by atoms with Crippen LogP contribution in [0.4, 0.5) is 18.0 Å². The fraction of sp³-hybridized carbons (Fsp3) is 0.441. The number of ether oxygens (including phenoxy) is 1. The van der Waals surface area contributed by atoms with Gasteiger partial charge in [0.15, 0.2) is 0 Å². The number of alkyl halides is 3. The summed E-state index contributed by atoms with van der Waals surface area (Å²) in [5, 5.41) is 0. The molecular weight excluding hydrogens is 603 g/mol. The summed E-state index contributed by atoms with van der Waals surface area (Å²) in [6, 6.07) is 23.4. The number of nitrogens with zero attached hydrogens (tertiary/aromatic N) is 3. The molecule has 1 fully saturated rings. The topological polar surface area (TPSA) is 70.2 Å². The molecule has 4 rings (SSSR count). The van der Waals surface area contributed by atoms with Crippen LogP contribution in [0, 0.1) is 0 Å². The van der Waals surface area contributed by atoms with Gasteiger partial charge in [-0.1, -0.05) is 73.7 Å². The third kappa shape index (κ3) is 9.31. The van der Waals surface area contributed by atoms with Gasteiger partial charge in [0, 0.05) is 44.8 Å². The Bertz CT molecular complexity index is 1460. The molecule has 3 aromatic carbocycles. The summed E-state index contributed by atoms with van der Waals surface area (Å²) in [5.74, 6) is -0.0152. The summed E-state index contributed by atoms with van der Waals surface area (Å²) in [7, 11) is -2.02. The van der Waals surface area contributed by atoms with Crippen molar-refractivity contribution >= 4 is 16.1 Å². The van der Waals surface area contributed by atoms with E-state index in [1.54, 1.807) is 42.3 Å². The number of likely N-dealkylation sites (N-methyl/N-ethyl adjacent to an activating group) is 1. The summed E-state index contributed by atoms with van der Waals surface area (Å²) >= 11 is 0. The van der Waals surface area contributed by atoms with Crippen LogP contribution < -0.4 is 0 Å². The molecule has 0 aliphatic carbocycles. The summed E-state index contributed by atoms with van der Waals surface area (Å²) in [5.41, 5.74) is 0.206. The SMILES string of the molecule is CCCN(C(=O)OCc1ccccc1C(F)(F)F)C1CCN(CCC(CN(C)S(=O)(=O)c2ccccc2)c2ccccc2)CC1. The van der Waals surface area contributed by atoms with Crippen LogP contribution in [-0.2, 0) is 27.5 Å². The lowest BCUT2D eigenvalue weighted by atomic mass is 9.94. The first-order valence-corrected chi connectivity index (χ1v) is 16.8. The van der Waals surface area contributed by atoms with Crippen LogP contribution in [0.1, 0.15) is 55.2 Å². The Morgan fingerprint density at radius 2 is 1.56 bits per heavy atom. The number of rotatable bonds is 13. The van der Waals surface area contributed by atoms with Crippen molar-refractivity contribution in [1.82, 2.24) is 14.1 Å². The minimum atomic E-state index is -4.52. The molecule has 1 aliphatic heterocycles. The zero-order chi connectivity index (χ0) is 32.5. The maximum absolute atomic E-state index is 13.4. The van der Waals surface area contributed by atoms with E-state index in [-0.39, 0.29) is 22.4 Å². The molecule has 0 radical (unpaired) electrons. The first-order chi connectivity index (χ1) is 21.5. The van der Waals surface area contributed by atoms with Gasteiger partial charge in [0.25, 0.3) is 0 Å². The highest BCUT2D eigenvalue weighted by molar-refractivity contribution is 7.89. The lowest BCUT2D eigenvalue weighted by Gasteiger charge is -2.38. The summed E-state index contributed by atoms with van der Waals surface area (Å²) in [6.07, 6.45) is -2.24. The molecule has 1 saturated heterocycles. The van der Waals surface area contributed by atoms with E-state index >= 15 is 0 Å². The summed E-state index contributed by atoms with van der Waals surface area (Å²) < 4.78 is 73.4. The van der Waals surface area contributed by atoms with Gasteiger partial charge in [-0.2, -0.15) is 13.2 Å². The number of carbonyl (C=O) groups excluding carboxylic acids is 1. The van der Waals surface area contributed by atoms with Gasteiger partial charge >= 0.3 is 12.3 Å². The third-order valence-corrected chi connectivity index (χ3v) is 10.2. The van der Waals surface area contributed by atoms with Crippen LogP contribution in [0.2, 0.25) is 0 Å². The second kappa shape index (κ2) is 15.7. The Hall–Kier alpha value is -3.41. The van der Waals surface area contributed by atoms with Gasteiger partial charge in [-0.25, -0.2) is 17.5 Å². The molecular formula is C34H42F3N3O4S. The van der Waals surface area contributed by atoms with Gasteiger partial charge < -0.3 is 14.5 Å². The molecule has 1 unspecified atom stereocenters. The predicted octanol–water partition coefficient (Wildman–Crippen LogP) is 7.01. The Morgan fingerprint density at radius 1 is 0.956 bits per heavy atom. The van der Waals surface area contributed by atoms with Crippen LogP contribution in [0.15, 0.2) is 89.8 Å². The van der Waals surface area contributed by atoms with E-state index in [4.69, 9.17) is 4.74 Å². The largest absolute Gasteiger partial charge is 0.445 e. The van der Waals surface area contributed by atoms with E-state index in [0.717, 1.165) is 37.7 Å². The van der Waals surface area contributed by atoms with Gasteiger partial charge in [0.2, 0.25) is 10.0 Å². The van der Waals surface area contributed by atoms with E-state index in [2.05, 4.69) is 4.90 Å². The fourth-order valence-corrected chi connectivity index (χ4v) is 7.11. The number of halogens is 3. The minimum absolute atomic E-state index is 0.0152. The molecule has 1 aliphatic rings. The van der Waals surface area contributed by atoms with Crippen molar-refractivity contribution < 1.29 is 31.1 Å². The Morgan fingerprint density at radius 3 is 2.18 bits per heavy atom. The van der Waals surface area contributed by atoms with Crippen molar-refractivity contribution in [2.24, 2.45) is 0 Å². The number of benzene rings is 3. The monoisotopic (exact) mass is 645 g/mol. The highest BCUT2D eigenvalue weighted by Crippen LogP contribution is 2.32. The number of likely N-dealkylation sites (tertiary alicyclic amines) is 1. The molecule has 11 heteroatoms. The number of sulfonamides is 1. The van der Waals surface area contributed by atoms with Crippen molar-refractivity contribution in [2.45, 2.75) is 62.2 Å². The van der Waals surface area contributed by atoms with Gasteiger partial charge in [0.05, 0.1) is 10.5 Å². The van der Waals surface area contributed by atoms with Gasteiger partial charge in [0.1, 0.15) is 6.61 Å². The summed E-state index contributed by atoms with van der Waals surface area (Å²) in [4.78, 5) is 17.3. The summed E-state index contributed by atoms with van der Waals surface area (Å²) in [6.45, 7) is 4.56. The van der Waals surface area contributed by atoms with Crippen molar-refractivity contribution in [3.8, 4) is 0 Å². The minimum Gasteiger partial charge on any atom is -0.445 e. The highest BCUT2D eigenvalue weighted by atomic mass is 32.2. The maximum Gasteiger partial charge on any atom is 0.416 e. The standard InChI is InChI=1S/C34H42F3N3O4S/c1-3-21-40(33(41)44-26-29-14-10-11-17-32(29)34(35,36)37)30-19-23-39(24-20-30)22-18-28(27-12-6-4-7-13-27)25-38(2)45(42,43)31-15-8-5-9-16-31/h4-17,28,30H,3,18-26H2,1-2H3. The molecule has 3 aromatic rings. The van der Waals surface area contributed by atoms with Crippen LogP contribution in [0.5, 0.6) is 0 Å². The molecule has 244 valence electrons. The van der Waals surface area contributed by atoms with E-state index < -0.39 is 34.5 Å². The predicted molar refractivity (Wildman–Crippen MR) is 168 cm³/mol. The second-order valence-corrected chi connectivity index (χ2v) is 13.5. The molecule has 1 atom stereocenters. The number of hydrogen-bond acceptors (Lipinski definition) is 5. The zero-order valence-corrected chi connectivity index (χ0v) is 26.6. The molecule has 45 heavy (non-hydrogen) atoms. The lowest BCUT2D eigenvalue weighted by molar-refractivity contribution is -0.138. The number of piperidine rings is 1. The van der Waals surface area contributed by atoms with E-state index in [9.17, 15) is 26.4 Å². The molecule has 0 N–H and O–H groups in total. The van der Waals surface area contributed by atoms with Crippen molar-refractivity contribution in [2.75, 3.05) is 39.8 Å². The quantitative estimate of drug-likeness (QED) is 0.200. The molecule has 7 nitrogen and oxygen atoms in total. The molecule has 1 heterocycles. The van der Waals surface area contributed by atoms with Crippen molar-refractivity contribution in [3.63, 3.8) is 0 Å². The smallest absolute Gasteiger partial charge is 0.416 e. The highest BCUT2D eigenvalue weighted by Gasteiger charge is 2.34.